The molecule has 0 radical (unpaired) electrons. The summed E-state index contributed by atoms with van der Waals surface area (Å²) in [6, 6.07) is 7.42. The van der Waals surface area contributed by atoms with Crippen LogP contribution in [0.15, 0.2) is 29.3 Å². The minimum Gasteiger partial charge on any atom is -0.489 e. The fourth-order valence-corrected chi connectivity index (χ4v) is 3.04. The second-order valence-electron chi connectivity index (χ2n) is 6.54. The number of rotatable bonds is 8. The molecule has 0 bridgehead atoms. The summed E-state index contributed by atoms with van der Waals surface area (Å²) in [5, 5.41) is 7.41. The van der Waals surface area contributed by atoms with Gasteiger partial charge in [-0.25, -0.2) is 0 Å². The van der Waals surface area contributed by atoms with Crippen molar-refractivity contribution in [2.45, 2.75) is 20.0 Å². The highest BCUT2D eigenvalue weighted by molar-refractivity contribution is 14.0. The van der Waals surface area contributed by atoms with Crippen LogP contribution in [0.4, 0.5) is 0 Å². The van der Waals surface area contributed by atoms with Crippen LogP contribution in [0.1, 0.15) is 13.8 Å². The Kier molecular flexibility index (Phi) is 12.1. The molecule has 8 heteroatoms. The average Bonchev–Trinajstić information content (AvgIpc) is 2.67. The van der Waals surface area contributed by atoms with Gasteiger partial charge < -0.3 is 20.3 Å². The fourth-order valence-electron chi connectivity index (χ4n) is 2.91. The zero-order valence-electron chi connectivity index (χ0n) is 16.6. The van der Waals surface area contributed by atoms with E-state index in [9.17, 15) is 0 Å². The van der Waals surface area contributed by atoms with Crippen molar-refractivity contribution in [3.63, 3.8) is 0 Å². The fraction of sp³-hybridized carbons (Fsp3) is 0.632. The molecule has 1 aromatic carbocycles. The van der Waals surface area contributed by atoms with Gasteiger partial charge in [0.2, 0.25) is 0 Å². The van der Waals surface area contributed by atoms with Crippen LogP contribution in [0.3, 0.4) is 0 Å². The Hall–Kier alpha value is -0.770. The van der Waals surface area contributed by atoms with E-state index in [-0.39, 0.29) is 30.1 Å². The van der Waals surface area contributed by atoms with Gasteiger partial charge in [0.15, 0.2) is 5.96 Å². The average molecular weight is 510 g/mol. The Morgan fingerprint density at radius 3 is 2.37 bits per heavy atom. The van der Waals surface area contributed by atoms with Gasteiger partial charge in [0.25, 0.3) is 0 Å². The van der Waals surface area contributed by atoms with Crippen molar-refractivity contribution in [3.8, 4) is 5.75 Å². The predicted molar refractivity (Wildman–Crippen MR) is 125 cm³/mol. The molecule has 1 aliphatic heterocycles. The Bertz CT molecular complexity index is 550. The zero-order chi connectivity index (χ0) is 18.8. The summed E-state index contributed by atoms with van der Waals surface area (Å²) in [5.41, 5.74) is 0. The van der Waals surface area contributed by atoms with Gasteiger partial charge in [0.05, 0.1) is 6.54 Å². The molecule has 154 valence electrons. The van der Waals surface area contributed by atoms with Crippen LogP contribution in [-0.2, 0) is 0 Å². The van der Waals surface area contributed by atoms with Crippen LogP contribution in [0.25, 0.3) is 0 Å². The molecule has 2 N–H and O–H groups in total. The second kappa shape index (κ2) is 13.4. The molecule has 0 saturated carbocycles. The second-order valence-corrected chi connectivity index (χ2v) is 6.97. The van der Waals surface area contributed by atoms with E-state index >= 15 is 0 Å². The summed E-state index contributed by atoms with van der Waals surface area (Å²) in [6.07, 6.45) is 0.0249. The summed E-state index contributed by atoms with van der Waals surface area (Å²) >= 11 is 5.89. The van der Waals surface area contributed by atoms with E-state index in [0.717, 1.165) is 44.4 Å². The minimum atomic E-state index is 0. The molecule has 1 fully saturated rings. The van der Waals surface area contributed by atoms with Gasteiger partial charge in [-0.15, -0.1) is 24.0 Å². The number of aliphatic imine (C=N–C) groups is 1. The number of ether oxygens (including phenoxy) is 1. The molecule has 0 amide bonds. The summed E-state index contributed by atoms with van der Waals surface area (Å²) in [5.74, 6) is 1.63. The van der Waals surface area contributed by atoms with Gasteiger partial charge in [0.1, 0.15) is 11.9 Å². The molecule has 1 heterocycles. The highest BCUT2D eigenvalue weighted by Gasteiger charge is 2.14. The highest BCUT2D eigenvalue weighted by atomic mass is 127. The van der Waals surface area contributed by atoms with E-state index < -0.39 is 0 Å². The Morgan fingerprint density at radius 2 is 1.78 bits per heavy atom. The lowest BCUT2D eigenvalue weighted by molar-refractivity contribution is 0.139. The van der Waals surface area contributed by atoms with Crippen molar-refractivity contribution in [1.82, 2.24) is 20.4 Å². The smallest absolute Gasteiger partial charge is 0.191 e. The van der Waals surface area contributed by atoms with Crippen LogP contribution >= 0.6 is 35.6 Å². The van der Waals surface area contributed by atoms with Crippen molar-refractivity contribution in [2.24, 2.45) is 4.99 Å². The maximum absolute atomic E-state index is 5.89. The maximum atomic E-state index is 5.89. The Labute approximate surface area is 185 Å². The third-order valence-corrected chi connectivity index (χ3v) is 4.82. The van der Waals surface area contributed by atoms with Crippen molar-refractivity contribution in [3.05, 3.63) is 29.3 Å². The van der Waals surface area contributed by atoms with Crippen LogP contribution in [0.2, 0.25) is 5.02 Å². The number of piperazine rings is 1. The number of hydrogen-bond donors (Lipinski definition) is 2. The van der Waals surface area contributed by atoms with E-state index in [1.54, 1.807) is 7.05 Å². The first kappa shape index (κ1) is 24.3. The van der Waals surface area contributed by atoms with Gasteiger partial charge in [-0.1, -0.05) is 18.5 Å². The van der Waals surface area contributed by atoms with E-state index in [0.29, 0.717) is 11.6 Å². The molecule has 0 aliphatic carbocycles. The molecule has 2 rings (SSSR count). The van der Waals surface area contributed by atoms with Gasteiger partial charge in [0, 0.05) is 51.3 Å². The lowest BCUT2D eigenvalue weighted by Crippen LogP contribution is -2.49. The van der Waals surface area contributed by atoms with Gasteiger partial charge >= 0.3 is 0 Å². The molecular weight excluding hydrogens is 477 g/mol. The number of likely N-dealkylation sites (N-methyl/N-ethyl adjacent to an activating group) is 1. The van der Waals surface area contributed by atoms with Crippen LogP contribution in [-0.4, -0.2) is 81.3 Å². The molecule has 1 saturated heterocycles. The number of nitrogens with one attached hydrogen (secondary N) is 2. The maximum Gasteiger partial charge on any atom is 0.191 e. The predicted octanol–water partition coefficient (Wildman–Crippen LogP) is 2.53. The lowest BCUT2D eigenvalue weighted by atomic mass is 10.3. The zero-order valence-corrected chi connectivity index (χ0v) is 19.7. The SMILES string of the molecule is CCN1CCN(CCNC(=NC)NCC(C)Oc2ccc(Cl)cc2)CC1.I. The van der Waals surface area contributed by atoms with E-state index in [1.807, 2.05) is 31.2 Å². The third kappa shape index (κ3) is 9.32. The summed E-state index contributed by atoms with van der Waals surface area (Å²) in [7, 11) is 1.79. The van der Waals surface area contributed by atoms with Gasteiger partial charge in [-0.2, -0.15) is 0 Å². The molecule has 0 aromatic heterocycles. The van der Waals surface area contributed by atoms with Crippen molar-refractivity contribution in [1.29, 1.82) is 0 Å². The molecule has 1 unspecified atom stereocenters. The van der Waals surface area contributed by atoms with E-state index in [2.05, 4.69) is 32.3 Å². The van der Waals surface area contributed by atoms with Crippen molar-refractivity contribution < 1.29 is 4.74 Å². The lowest BCUT2D eigenvalue weighted by Gasteiger charge is -2.34. The highest BCUT2D eigenvalue weighted by Crippen LogP contribution is 2.16. The largest absolute Gasteiger partial charge is 0.489 e. The topological polar surface area (TPSA) is 52.1 Å². The molecule has 0 spiro atoms. The van der Waals surface area contributed by atoms with E-state index in [1.165, 1.54) is 13.1 Å². The first-order chi connectivity index (χ1) is 12.6. The molecule has 27 heavy (non-hydrogen) atoms. The van der Waals surface area contributed by atoms with Crippen LogP contribution < -0.4 is 15.4 Å². The molecule has 1 aliphatic rings. The van der Waals surface area contributed by atoms with Crippen LogP contribution in [0, 0.1) is 0 Å². The summed E-state index contributed by atoms with van der Waals surface area (Å²) in [6.45, 7) is 12.6. The van der Waals surface area contributed by atoms with Crippen molar-refractivity contribution in [2.75, 3.05) is 59.4 Å². The molecular formula is C19H33ClIN5O. The van der Waals surface area contributed by atoms with E-state index in [4.69, 9.17) is 16.3 Å². The van der Waals surface area contributed by atoms with Crippen molar-refractivity contribution >= 4 is 41.5 Å². The third-order valence-electron chi connectivity index (χ3n) is 4.56. The normalized spacial score (nSPS) is 17.1. The Morgan fingerprint density at radius 1 is 1.15 bits per heavy atom. The molecule has 1 aromatic rings. The quantitative estimate of drug-likeness (QED) is 0.320. The van der Waals surface area contributed by atoms with Gasteiger partial charge in [-0.05, 0) is 37.7 Å². The summed E-state index contributed by atoms with van der Waals surface area (Å²) in [4.78, 5) is 9.27. The number of nitrogens with zero attached hydrogens (tertiary/aromatic N) is 3. The minimum absolute atomic E-state index is 0. The summed E-state index contributed by atoms with van der Waals surface area (Å²) < 4.78 is 5.87. The number of benzene rings is 1. The monoisotopic (exact) mass is 509 g/mol. The first-order valence-electron chi connectivity index (χ1n) is 9.42. The molecule has 6 nitrogen and oxygen atoms in total. The Balaban J connectivity index is 0.00000364. The first-order valence-corrected chi connectivity index (χ1v) is 9.80. The van der Waals surface area contributed by atoms with Crippen LogP contribution in [0.5, 0.6) is 5.75 Å². The van der Waals surface area contributed by atoms with Gasteiger partial charge in [-0.3, -0.25) is 9.89 Å². The molecule has 1 atom stereocenters. The standard InChI is InChI=1S/C19H32ClN5O.HI/c1-4-24-11-13-25(14-12-24)10-9-22-19(21-3)23-15-16(2)26-18-7-5-17(20)6-8-18;/h5-8,16H,4,9-15H2,1-3H3,(H2,21,22,23);1H. The number of halogens is 2. The number of guanidine groups is 1. The number of hydrogen-bond acceptors (Lipinski definition) is 4.